The minimum absolute atomic E-state index is 0.235. The first-order valence-corrected chi connectivity index (χ1v) is 8.39. The topological polar surface area (TPSA) is 40.8 Å². The van der Waals surface area contributed by atoms with E-state index in [2.05, 4.69) is 35.3 Å². The van der Waals surface area contributed by atoms with E-state index in [0.29, 0.717) is 6.04 Å². The Bertz CT molecular complexity index is 493. The summed E-state index contributed by atoms with van der Waals surface area (Å²) in [5.41, 5.74) is 2.77. The molecule has 21 heavy (non-hydrogen) atoms. The highest BCUT2D eigenvalue weighted by Crippen LogP contribution is 2.30. The van der Waals surface area contributed by atoms with Crippen molar-refractivity contribution >= 4 is 0 Å². The van der Waals surface area contributed by atoms with E-state index in [1.807, 2.05) is 13.8 Å². The number of nitrogens with zero attached hydrogens (tertiary/aromatic N) is 2. The van der Waals surface area contributed by atoms with Gasteiger partial charge in [-0.15, -0.1) is 0 Å². The SMILES string of the molecule is CCCNC1CCCCc2cn(CCC(C)(C)C#N)cc21. The van der Waals surface area contributed by atoms with Crippen molar-refractivity contribution in [2.45, 2.75) is 71.9 Å². The third-order valence-corrected chi connectivity index (χ3v) is 4.50. The standard InChI is InChI=1S/C18H29N3/c1-4-10-20-17-8-6-5-7-15-12-21(13-16(15)17)11-9-18(2,3)14-19/h12-13,17,20H,4-11H2,1-3H3. The van der Waals surface area contributed by atoms with Crippen LogP contribution in [-0.2, 0) is 13.0 Å². The molecule has 0 radical (unpaired) electrons. The molecule has 0 saturated heterocycles. The number of rotatable bonds is 6. The second-order valence-electron chi connectivity index (χ2n) is 6.97. The molecule has 1 aliphatic carbocycles. The Kier molecular flexibility index (Phi) is 5.47. The zero-order chi connectivity index (χ0) is 15.3. The van der Waals surface area contributed by atoms with Crippen molar-refractivity contribution in [3.05, 3.63) is 23.5 Å². The van der Waals surface area contributed by atoms with E-state index in [-0.39, 0.29) is 5.41 Å². The quantitative estimate of drug-likeness (QED) is 0.797. The van der Waals surface area contributed by atoms with Gasteiger partial charge in [-0.25, -0.2) is 0 Å². The number of nitriles is 1. The van der Waals surface area contributed by atoms with Gasteiger partial charge in [0.1, 0.15) is 0 Å². The first-order chi connectivity index (χ1) is 10.1. The average Bonchev–Trinajstić information content (AvgIpc) is 2.79. The Morgan fingerprint density at radius 1 is 1.38 bits per heavy atom. The molecule has 116 valence electrons. The van der Waals surface area contributed by atoms with Crippen LogP contribution in [0.1, 0.15) is 70.0 Å². The summed E-state index contributed by atoms with van der Waals surface area (Å²) in [6, 6.07) is 2.92. The summed E-state index contributed by atoms with van der Waals surface area (Å²) in [5.74, 6) is 0. The molecular formula is C18H29N3. The second kappa shape index (κ2) is 7.13. The number of nitrogens with one attached hydrogen (secondary N) is 1. The van der Waals surface area contributed by atoms with E-state index < -0.39 is 0 Å². The molecule has 0 fully saturated rings. The van der Waals surface area contributed by atoms with Gasteiger partial charge in [-0.2, -0.15) is 5.26 Å². The fourth-order valence-corrected chi connectivity index (χ4v) is 3.04. The normalized spacial score (nSPS) is 18.9. The first kappa shape index (κ1) is 16.1. The van der Waals surface area contributed by atoms with Crippen molar-refractivity contribution in [3.63, 3.8) is 0 Å². The molecule has 0 bridgehead atoms. The van der Waals surface area contributed by atoms with Gasteiger partial charge in [-0.3, -0.25) is 0 Å². The minimum atomic E-state index is -0.235. The van der Waals surface area contributed by atoms with Crippen LogP contribution < -0.4 is 5.32 Å². The lowest BCUT2D eigenvalue weighted by atomic mass is 9.91. The van der Waals surface area contributed by atoms with Crippen LogP contribution in [0, 0.1) is 16.7 Å². The first-order valence-electron chi connectivity index (χ1n) is 8.39. The second-order valence-corrected chi connectivity index (χ2v) is 6.97. The van der Waals surface area contributed by atoms with Crippen molar-refractivity contribution in [3.8, 4) is 6.07 Å². The molecule has 0 aliphatic heterocycles. The molecule has 3 nitrogen and oxygen atoms in total. The zero-order valence-electron chi connectivity index (χ0n) is 13.8. The Labute approximate surface area is 129 Å². The number of fused-ring (bicyclic) bond motifs is 1. The van der Waals surface area contributed by atoms with Crippen LogP contribution in [0.3, 0.4) is 0 Å². The summed E-state index contributed by atoms with van der Waals surface area (Å²) in [6.45, 7) is 8.30. The third kappa shape index (κ3) is 4.35. The number of hydrogen-bond donors (Lipinski definition) is 1. The molecule has 1 aromatic rings. The Morgan fingerprint density at radius 3 is 2.90 bits per heavy atom. The third-order valence-electron chi connectivity index (χ3n) is 4.50. The van der Waals surface area contributed by atoms with Gasteiger partial charge in [0.15, 0.2) is 0 Å². The summed E-state index contributed by atoms with van der Waals surface area (Å²) >= 11 is 0. The van der Waals surface area contributed by atoms with Crippen LogP contribution in [-0.4, -0.2) is 11.1 Å². The van der Waals surface area contributed by atoms with Crippen LogP contribution in [0.4, 0.5) is 0 Å². The fourth-order valence-electron chi connectivity index (χ4n) is 3.04. The molecule has 0 aromatic carbocycles. The molecule has 1 atom stereocenters. The largest absolute Gasteiger partial charge is 0.354 e. The molecular weight excluding hydrogens is 258 g/mol. The zero-order valence-corrected chi connectivity index (χ0v) is 13.8. The van der Waals surface area contributed by atoms with Crippen LogP contribution >= 0.6 is 0 Å². The highest BCUT2D eigenvalue weighted by atomic mass is 15.0. The molecule has 3 heteroatoms. The molecule has 2 rings (SSSR count). The maximum Gasteiger partial charge on any atom is 0.0684 e. The molecule has 0 spiro atoms. The molecule has 1 N–H and O–H groups in total. The van der Waals surface area contributed by atoms with Crippen LogP contribution in [0.2, 0.25) is 0 Å². The van der Waals surface area contributed by atoms with Gasteiger partial charge in [-0.05, 0) is 63.6 Å². The number of aromatic nitrogens is 1. The summed E-state index contributed by atoms with van der Waals surface area (Å²) in [5, 5.41) is 12.8. The Hall–Kier alpha value is -1.27. The predicted octanol–water partition coefficient (Wildman–Crippen LogP) is 4.20. The van der Waals surface area contributed by atoms with Crippen LogP contribution in [0.5, 0.6) is 0 Å². The van der Waals surface area contributed by atoms with E-state index >= 15 is 0 Å². The number of aryl methyl sites for hydroxylation is 2. The predicted molar refractivity (Wildman–Crippen MR) is 87.0 cm³/mol. The molecule has 0 saturated carbocycles. The van der Waals surface area contributed by atoms with E-state index in [1.165, 1.54) is 43.2 Å². The van der Waals surface area contributed by atoms with Crippen molar-refractivity contribution in [1.82, 2.24) is 9.88 Å². The molecule has 1 aliphatic rings. The summed E-state index contributed by atoms with van der Waals surface area (Å²) in [6.07, 6.45) is 11.8. The van der Waals surface area contributed by atoms with Gasteiger partial charge in [0, 0.05) is 25.0 Å². The van der Waals surface area contributed by atoms with Gasteiger partial charge < -0.3 is 9.88 Å². The lowest BCUT2D eigenvalue weighted by molar-refractivity contribution is 0.412. The maximum atomic E-state index is 9.14. The van der Waals surface area contributed by atoms with E-state index in [4.69, 9.17) is 5.26 Å². The highest BCUT2D eigenvalue weighted by Gasteiger charge is 2.21. The van der Waals surface area contributed by atoms with Gasteiger partial charge in [0.2, 0.25) is 0 Å². The molecule has 0 amide bonds. The average molecular weight is 287 g/mol. The van der Waals surface area contributed by atoms with Crippen LogP contribution in [0.15, 0.2) is 12.4 Å². The Balaban J connectivity index is 2.08. The van der Waals surface area contributed by atoms with Gasteiger partial charge in [0.25, 0.3) is 0 Å². The van der Waals surface area contributed by atoms with Crippen molar-refractivity contribution < 1.29 is 0 Å². The molecule has 1 aromatic heterocycles. The van der Waals surface area contributed by atoms with Crippen LogP contribution in [0.25, 0.3) is 0 Å². The van der Waals surface area contributed by atoms with E-state index in [9.17, 15) is 0 Å². The number of hydrogen-bond acceptors (Lipinski definition) is 2. The smallest absolute Gasteiger partial charge is 0.0684 e. The van der Waals surface area contributed by atoms with E-state index in [0.717, 1.165) is 19.5 Å². The highest BCUT2D eigenvalue weighted by molar-refractivity contribution is 5.29. The van der Waals surface area contributed by atoms with Crippen molar-refractivity contribution in [2.75, 3.05) is 6.54 Å². The van der Waals surface area contributed by atoms with Crippen molar-refractivity contribution in [2.24, 2.45) is 5.41 Å². The molecule has 1 heterocycles. The molecule has 1 unspecified atom stereocenters. The van der Waals surface area contributed by atoms with Gasteiger partial charge in [-0.1, -0.05) is 13.3 Å². The lowest BCUT2D eigenvalue weighted by Gasteiger charge is -2.17. The Morgan fingerprint density at radius 2 is 2.19 bits per heavy atom. The monoisotopic (exact) mass is 287 g/mol. The summed E-state index contributed by atoms with van der Waals surface area (Å²) < 4.78 is 2.30. The maximum absolute atomic E-state index is 9.14. The fraction of sp³-hybridized carbons (Fsp3) is 0.722. The van der Waals surface area contributed by atoms with Gasteiger partial charge >= 0.3 is 0 Å². The van der Waals surface area contributed by atoms with Crippen molar-refractivity contribution in [1.29, 1.82) is 5.26 Å². The summed E-state index contributed by atoms with van der Waals surface area (Å²) in [4.78, 5) is 0. The lowest BCUT2D eigenvalue weighted by Crippen LogP contribution is -2.21. The van der Waals surface area contributed by atoms with E-state index in [1.54, 1.807) is 0 Å². The minimum Gasteiger partial charge on any atom is -0.354 e. The van der Waals surface area contributed by atoms with Gasteiger partial charge in [0.05, 0.1) is 11.5 Å². The summed E-state index contributed by atoms with van der Waals surface area (Å²) in [7, 11) is 0.